The number of benzene rings is 2. The van der Waals surface area contributed by atoms with Crippen LogP contribution in [0.25, 0.3) is 11.3 Å². The Hall–Kier alpha value is -3.03. The first-order valence-corrected chi connectivity index (χ1v) is 10.4. The molecule has 31 heavy (non-hydrogen) atoms. The van der Waals surface area contributed by atoms with E-state index in [1.165, 1.54) is 0 Å². The summed E-state index contributed by atoms with van der Waals surface area (Å²) in [5, 5.41) is 25.5. The Kier molecular flexibility index (Phi) is 6.15. The van der Waals surface area contributed by atoms with Gasteiger partial charge in [0.25, 0.3) is 0 Å². The lowest BCUT2D eigenvalue weighted by Gasteiger charge is -2.37. The van der Waals surface area contributed by atoms with Gasteiger partial charge in [-0.3, -0.25) is 4.90 Å². The van der Waals surface area contributed by atoms with E-state index in [2.05, 4.69) is 10.1 Å². The number of aromatic hydroxyl groups is 1. The third-order valence-corrected chi connectivity index (χ3v) is 5.90. The number of ether oxygens (including phenoxy) is 2. The van der Waals surface area contributed by atoms with E-state index in [0.717, 1.165) is 35.7 Å². The largest absolute Gasteiger partial charge is 0.507 e. The van der Waals surface area contributed by atoms with Crippen LogP contribution >= 0.6 is 0 Å². The van der Waals surface area contributed by atoms with E-state index in [1.807, 2.05) is 42.5 Å². The summed E-state index contributed by atoms with van der Waals surface area (Å²) in [6, 6.07) is 14.9. The van der Waals surface area contributed by atoms with E-state index >= 15 is 0 Å². The summed E-state index contributed by atoms with van der Waals surface area (Å²) in [6.07, 6.45) is 1.67. The normalized spacial score (nSPS) is 16.2. The highest BCUT2D eigenvalue weighted by Crippen LogP contribution is 2.31. The Morgan fingerprint density at radius 2 is 1.77 bits per heavy atom. The van der Waals surface area contributed by atoms with E-state index in [9.17, 15) is 10.2 Å². The van der Waals surface area contributed by atoms with Gasteiger partial charge in [-0.2, -0.15) is 0 Å². The van der Waals surface area contributed by atoms with Gasteiger partial charge in [-0.05, 0) is 31.0 Å². The molecule has 1 saturated heterocycles. The fourth-order valence-electron chi connectivity index (χ4n) is 3.99. The lowest BCUT2D eigenvalue weighted by atomic mass is 9.87. The number of nitrogens with zero attached hydrogens (tertiary/aromatic N) is 2. The van der Waals surface area contributed by atoms with Crippen LogP contribution in [0.4, 0.5) is 0 Å². The van der Waals surface area contributed by atoms with Gasteiger partial charge in [0.1, 0.15) is 28.7 Å². The zero-order valence-electron chi connectivity index (χ0n) is 17.9. The van der Waals surface area contributed by atoms with Gasteiger partial charge in [0.2, 0.25) is 0 Å². The van der Waals surface area contributed by atoms with E-state index < -0.39 is 5.60 Å². The van der Waals surface area contributed by atoms with E-state index in [4.69, 9.17) is 14.0 Å². The molecule has 0 saturated carbocycles. The first-order valence-electron chi connectivity index (χ1n) is 10.4. The van der Waals surface area contributed by atoms with Gasteiger partial charge in [-0.25, -0.2) is 0 Å². The Labute approximate surface area is 181 Å². The quantitative estimate of drug-likeness (QED) is 0.599. The molecule has 7 heteroatoms. The molecule has 1 fully saturated rings. The molecule has 4 rings (SSSR count). The lowest BCUT2D eigenvalue weighted by Crippen LogP contribution is -2.45. The smallest absolute Gasteiger partial charge is 0.140 e. The molecule has 164 valence electrons. The average molecular weight is 424 g/mol. The molecular weight excluding hydrogens is 396 g/mol. The Morgan fingerprint density at radius 3 is 2.48 bits per heavy atom. The second-order valence-corrected chi connectivity index (χ2v) is 8.08. The minimum absolute atomic E-state index is 0.229. The van der Waals surface area contributed by atoms with Crippen molar-refractivity contribution in [2.75, 3.05) is 27.3 Å². The Bertz CT molecular complexity index is 1020. The van der Waals surface area contributed by atoms with Crippen molar-refractivity contribution >= 4 is 0 Å². The van der Waals surface area contributed by atoms with Crippen molar-refractivity contribution in [3.63, 3.8) is 0 Å². The highest BCUT2D eigenvalue weighted by molar-refractivity contribution is 5.61. The number of aromatic nitrogens is 1. The van der Waals surface area contributed by atoms with Gasteiger partial charge in [-0.1, -0.05) is 23.4 Å². The van der Waals surface area contributed by atoms with Gasteiger partial charge in [0.15, 0.2) is 0 Å². The van der Waals surface area contributed by atoms with Crippen molar-refractivity contribution in [2.24, 2.45) is 0 Å². The molecule has 0 bridgehead atoms. The molecule has 0 unspecified atom stereocenters. The summed E-state index contributed by atoms with van der Waals surface area (Å²) in [5.41, 5.74) is 1.66. The predicted octanol–water partition coefficient (Wildman–Crippen LogP) is 3.63. The SMILES string of the molecule is COc1cccc(-c2cc(CC3(O)CCN(Cc4ccc(OC)cc4O)CC3)on2)c1. The number of methoxy groups -OCH3 is 2. The first-order chi connectivity index (χ1) is 15.0. The second kappa shape index (κ2) is 8.99. The minimum Gasteiger partial charge on any atom is -0.507 e. The highest BCUT2D eigenvalue weighted by atomic mass is 16.5. The van der Waals surface area contributed by atoms with Crippen molar-refractivity contribution in [3.8, 4) is 28.5 Å². The minimum atomic E-state index is -0.830. The number of phenolic OH excluding ortho intramolecular Hbond substituents is 1. The standard InChI is InChI=1S/C24H28N2O5/c1-29-19-5-3-4-17(12-19)22-13-21(31-25-22)15-24(28)8-10-26(11-9-24)16-18-6-7-20(30-2)14-23(18)27/h3-7,12-14,27-28H,8-11,15-16H2,1-2H3. The van der Waals surface area contributed by atoms with Crippen molar-refractivity contribution in [1.82, 2.24) is 10.1 Å². The summed E-state index contributed by atoms with van der Waals surface area (Å²) in [4.78, 5) is 2.23. The Morgan fingerprint density at radius 1 is 1.03 bits per heavy atom. The van der Waals surface area contributed by atoms with Gasteiger partial charge < -0.3 is 24.2 Å². The van der Waals surface area contributed by atoms with Gasteiger partial charge >= 0.3 is 0 Å². The summed E-state index contributed by atoms with van der Waals surface area (Å²) < 4.78 is 15.9. The van der Waals surface area contributed by atoms with E-state index in [0.29, 0.717) is 37.3 Å². The molecular formula is C24H28N2O5. The van der Waals surface area contributed by atoms with Gasteiger partial charge in [0.05, 0.1) is 19.8 Å². The van der Waals surface area contributed by atoms with Crippen LogP contribution in [-0.2, 0) is 13.0 Å². The van der Waals surface area contributed by atoms with E-state index in [1.54, 1.807) is 20.3 Å². The number of likely N-dealkylation sites (tertiary alicyclic amines) is 1. The average Bonchev–Trinajstić information content (AvgIpc) is 3.24. The molecule has 2 heterocycles. The molecule has 7 nitrogen and oxygen atoms in total. The maximum atomic E-state index is 11.1. The topological polar surface area (TPSA) is 88.2 Å². The van der Waals surface area contributed by atoms with Crippen LogP contribution < -0.4 is 9.47 Å². The number of rotatable bonds is 7. The molecule has 3 aromatic rings. The third kappa shape index (κ3) is 5.00. The maximum Gasteiger partial charge on any atom is 0.140 e. The molecule has 0 spiro atoms. The van der Waals surface area contributed by atoms with Crippen LogP contribution in [0.1, 0.15) is 24.2 Å². The van der Waals surface area contributed by atoms with Crippen LogP contribution in [0.5, 0.6) is 17.2 Å². The second-order valence-electron chi connectivity index (χ2n) is 8.08. The predicted molar refractivity (Wildman–Crippen MR) is 116 cm³/mol. The molecule has 0 atom stereocenters. The van der Waals surface area contributed by atoms with Crippen molar-refractivity contribution < 1.29 is 24.2 Å². The number of aliphatic hydroxyl groups is 1. The number of piperidine rings is 1. The molecule has 0 aliphatic carbocycles. The molecule has 0 radical (unpaired) electrons. The van der Waals surface area contributed by atoms with Gasteiger partial charge in [0, 0.05) is 49.3 Å². The molecule has 1 aliphatic rings. The van der Waals surface area contributed by atoms with Crippen LogP contribution in [-0.4, -0.2) is 53.2 Å². The molecule has 1 aliphatic heterocycles. The number of hydrogen-bond donors (Lipinski definition) is 2. The van der Waals surface area contributed by atoms with Crippen LogP contribution in [0.15, 0.2) is 53.1 Å². The molecule has 0 amide bonds. The molecule has 2 N–H and O–H groups in total. The fraction of sp³-hybridized carbons (Fsp3) is 0.375. The van der Waals surface area contributed by atoms with Crippen LogP contribution in [0.3, 0.4) is 0 Å². The van der Waals surface area contributed by atoms with Gasteiger partial charge in [-0.15, -0.1) is 0 Å². The molecule has 1 aromatic heterocycles. The van der Waals surface area contributed by atoms with E-state index in [-0.39, 0.29) is 5.75 Å². The number of phenols is 1. The zero-order valence-corrected chi connectivity index (χ0v) is 17.9. The summed E-state index contributed by atoms with van der Waals surface area (Å²) >= 11 is 0. The fourth-order valence-corrected chi connectivity index (χ4v) is 3.99. The highest BCUT2D eigenvalue weighted by Gasteiger charge is 2.34. The third-order valence-electron chi connectivity index (χ3n) is 5.90. The van der Waals surface area contributed by atoms with Crippen molar-refractivity contribution in [2.45, 2.75) is 31.4 Å². The van der Waals surface area contributed by atoms with Crippen LogP contribution in [0.2, 0.25) is 0 Å². The molecule has 2 aromatic carbocycles. The zero-order chi connectivity index (χ0) is 21.8. The van der Waals surface area contributed by atoms with Crippen molar-refractivity contribution in [1.29, 1.82) is 0 Å². The first kappa shape index (κ1) is 21.2. The Balaban J connectivity index is 1.35. The summed E-state index contributed by atoms with van der Waals surface area (Å²) in [7, 11) is 3.21. The lowest BCUT2D eigenvalue weighted by molar-refractivity contribution is -0.0266. The number of hydrogen-bond acceptors (Lipinski definition) is 7. The summed E-state index contributed by atoms with van der Waals surface area (Å²) in [5.74, 6) is 2.29. The van der Waals surface area contributed by atoms with Crippen LogP contribution in [0, 0.1) is 0 Å². The maximum absolute atomic E-state index is 11.1. The van der Waals surface area contributed by atoms with Crippen molar-refractivity contribution in [3.05, 3.63) is 59.9 Å². The summed E-state index contributed by atoms with van der Waals surface area (Å²) in [6.45, 7) is 2.10. The monoisotopic (exact) mass is 424 g/mol.